The lowest BCUT2D eigenvalue weighted by molar-refractivity contribution is -0.138. The molecule has 0 aliphatic heterocycles. The molecule has 0 bridgehead atoms. The minimum Gasteiger partial charge on any atom is -0.496 e. The van der Waals surface area contributed by atoms with Crippen molar-refractivity contribution in [1.29, 1.82) is 0 Å². The molecule has 1 aromatic rings. The zero-order valence-corrected chi connectivity index (χ0v) is 11.5. The molecule has 0 atom stereocenters. The summed E-state index contributed by atoms with van der Waals surface area (Å²) in [5, 5.41) is 8.93. The molecule has 0 heterocycles. The van der Waals surface area contributed by atoms with Gasteiger partial charge in [0, 0.05) is 11.0 Å². The van der Waals surface area contributed by atoms with Gasteiger partial charge in [-0.15, -0.1) is 0 Å². The van der Waals surface area contributed by atoms with Crippen LogP contribution in [-0.2, 0) is 10.2 Å². The molecule has 0 unspecified atom stereocenters. The van der Waals surface area contributed by atoms with Crippen molar-refractivity contribution in [2.24, 2.45) is 0 Å². The highest BCUT2D eigenvalue weighted by molar-refractivity contribution is 5.69. The van der Waals surface area contributed by atoms with Crippen molar-refractivity contribution in [3.05, 3.63) is 28.8 Å². The summed E-state index contributed by atoms with van der Waals surface area (Å²) in [7, 11) is 1.32. The monoisotopic (exact) mass is 272 g/mol. The third-order valence-electron chi connectivity index (χ3n) is 3.02. The van der Waals surface area contributed by atoms with Gasteiger partial charge in [0.1, 0.15) is 5.75 Å². The van der Waals surface area contributed by atoms with Crippen LogP contribution in [0.3, 0.4) is 0 Å². The highest BCUT2D eigenvalue weighted by atomic mass is 19.3. The van der Waals surface area contributed by atoms with Crippen LogP contribution in [-0.4, -0.2) is 18.2 Å². The zero-order chi connectivity index (χ0) is 14.8. The fraction of sp³-hybridized carbons (Fsp3) is 0.500. The predicted octanol–water partition coefficient (Wildman–Crippen LogP) is 3.69. The summed E-state index contributed by atoms with van der Waals surface area (Å²) in [5.41, 5.74) is 0.167. The molecule has 1 aromatic carbocycles. The van der Waals surface area contributed by atoms with E-state index < -0.39 is 17.8 Å². The lowest BCUT2D eigenvalue weighted by Gasteiger charge is -2.27. The number of rotatable bonds is 5. The number of aryl methyl sites for hydroxylation is 1. The molecule has 0 fully saturated rings. The maximum atomic E-state index is 13.0. The van der Waals surface area contributed by atoms with Gasteiger partial charge in [-0.25, -0.2) is 8.78 Å². The quantitative estimate of drug-likeness (QED) is 0.889. The second kappa shape index (κ2) is 5.55. The van der Waals surface area contributed by atoms with Crippen molar-refractivity contribution in [2.75, 3.05) is 7.11 Å². The maximum absolute atomic E-state index is 13.0. The molecular formula is C14H18F2O3. The van der Waals surface area contributed by atoms with E-state index in [4.69, 9.17) is 9.84 Å². The molecule has 106 valence electrons. The van der Waals surface area contributed by atoms with E-state index >= 15 is 0 Å². The molecule has 19 heavy (non-hydrogen) atoms. The van der Waals surface area contributed by atoms with Crippen LogP contribution >= 0.6 is 0 Å². The van der Waals surface area contributed by atoms with Crippen LogP contribution in [0, 0.1) is 6.92 Å². The molecular weight excluding hydrogens is 254 g/mol. The smallest absolute Gasteiger partial charge is 0.304 e. The Bertz CT molecular complexity index is 482. The van der Waals surface area contributed by atoms with E-state index in [1.54, 1.807) is 26.8 Å². The summed E-state index contributed by atoms with van der Waals surface area (Å²) in [4.78, 5) is 10.9. The van der Waals surface area contributed by atoms with Gasteiger partial charge in [0.05, 0.1) is 19.1 Å². The Kier molecular flexibility index (Phi) is 4.50. The van der Waals surface area contributed by atoms with Crippen LogP contribution in [0.5, 0.6) is 5.75 Å². The Balaban J connectivity index is 3.45. The lowest BCUT2D eigenvalue weighted by Crippen LogP contribution is -2.23. The van der Waals surface area contributed by atoms with Crippen LogP contribution in [0.25, 0.3) is 0 Å². The molecule has 0 aromatic heterocycles. The van der Waals surface area contributed by atoms with E-state index in [0.29, 0.717) is 11.1 Å². The minimum absolute atomic E-state index is 0.0758. The molecule has 0 amide bonds. The first-order chi connectivity index (χ1) is 8.69. The van der Waals surface area contributed by atoms with Gasteiger partial charge in [-0.1, -0.05) is 25.5 Å². The number of hydrogen-bond acceptors (Lipinski definition) is 2. The average molecular weight is 272 g/mol. The SMILES string of the molecule is COc1c(C(F)F)cc(C)cc1C(C)(C)CC(=O)O. The highest BCUT2D eigenvalue weighted by Gasteiger charge is 2.30. The van der Waals surface area contributed by atoms with Gasteiger partial charge in [0.2, 0.25) is 0 Å². The largest absolute Gasteiger partial charge is 0.496 e. The van der Waals surface area contributed by atoms with Gasteiger partial charge >= 0.3 is 5.97 Å². The molecule has 1 rings (SSSR count). The number of benzene rings is 1. The number of methoxy groups -OCH3 is 1. The summed E-state index contributed by atoms with van der Waals surface area (Å²) < 4.78 is 31.1. The molecule has 3 nitrogen and oxygen atoms in total. The summed E-state index contributed by atoms with van der Waals surface area (Å²) >= 11 is 0. The van der Waals surface area contributed by atoms with E-state index in [0.717, 1.165) is 0 Å². The van der Waals surface area contributed by atoms with Crippen LogP contribution in [0.1, 0.15) is 43.4 Å². The first-order valence-corrected chi connectivity index (χ1v) is 5.88. The Morgan fingerprint density at radius 1 is 1.42 bits per heavy atom. The number of carboxylic acid groups (broad SMARTS) is 1. The molecule has 0 saturated heterocycles. The molecule has 0 aliphatic rings. The van der Waals surface area contributed by atoms with Gasteiger partial charge in [-0.3, -0.25) is 4.79 Å². The van der Waals surface area contributed by atoms with Gasteiger partial charge in [-0.2, -0.15) is 0 Å². The number of ether oxygens (including phenoxy) is 1. The van der Waals surface area contributed by atoms with Crippen LogP contribution in [0.4, 0.5) is 8.78 Å². The third-order valence-corrected chi connectivity index (χ3v) is 3.02. The molecule has 0 radical (unpaired) electrons. The number of halogens is 2. The van der Waals surface area contributed by atoms with Crippen molar-refractivity contribution in [2.45, 2.75) is 39.0 Å². The summed E-state index contributed by atoms with van der Waals surface area (Å²) in [6, 6.07) is 3.07. The number of hydrogen-bond donors (Lipinski definition) is 1. The van der Waals surface area contributed by atoms with Crippen molar-refractivity contribution in [3.63, 3.8) is 0 Å². The van der Waals surface area contributed by atoms with Gasteiger partial charge in [0.15, 0.2) is 0 Å². The standard InChI is InChI=1S/C14H18F2O3/c1-8-5-9(13(15)16)12(19-4)10(6-8)14(2,3)7-11(17)18/h5-6,13H,7H2,1-4H3,(H,17,18). The fourth-order valence-corrected chi connectivity index (χ4v) is 2.17. The minimum atomic E-state index is -2.66. The van der Waals surface area contributed by atoms with Crippen LogP contribution < -0.4 is 4.74 Å². The van der Waals surface area contributed by atoms with Crippen molar-refractivity contribution >= 4 is 5.97 Å². The van der Waals surface area contributed by atoms with E-state index in [1.807, 2.05) is 0 Å². The Labute approximate surface area is 111 Å². The van der Waals surface area contributed by atoms with E-state index in [2.05, 4.69) is 0 Å². The molecule has 5 heteroatoms. The third kappa shape index (κ3) is 3.43. The van der Waals surface area contributed by atoms with E-state index in [9.17, 15) is 13.6 Å². The summed E-state index contributed by atoms with van der Waals surface area (Å²) in [6.45, 7) is 5.10. The van der Waals surface area contributed by atoms with Gasteiger partial charge < -0.3 is 9.84 Å². The molecule has 0 spiro atoms. The van der Waals surface area contributed by atoms with Crippen LogP contribution in [0.15, 0.2) is 12.1 Å². The summed E-state index contributed by atoms with van der Waals surface area (Å²) in [5.74, 6) is -0.904. The number of carbonyl (C=O) groups is 1. The van der Waals surface area contributed by atoms with Crippen molar-refractivity contribution < 1.29 is 23.4 Å². The van der Waals surface area contributed by atoms with Gasteiger partial charge in [0.25, 0.3) is 6.43 Å². The Morgan fingerprint density at radius 3 is 2.42 bits per heavy atom. The zero-order valence-electron chi connectivity index (χ0n) is 11.5. The highest BCUT2D eigenvalue weighted by Crippen LogP contribution is 2.40. The lowest BCUT2D eigenvalue weighted by atomic mass is 9.79. The van der Waals surface area contributed by atoms with Gasteiger partial charge in [-0.05, 0) is 13.0 Å². The molecule has 0 aliphatic carbocycles. The average Bonchev–Trinajstić information content (AvgIpc) is 2.25. The fourth-order valence-electron chi connectivity index (χ4n) is 2.17. The Morgan fingerprint density at radius 2 is 2.00 bits per heavy atom. The van der Waals surface area contributed by atoms with Crippen molar-refractivity contribution in [1.82, 2.24) is 0 Å². The van der Waals surface area contributed by atoms with E-state index in [1.165, 1.54) is 13.2 Å². The van der Waals surface area contributed by atoms with Crippen LogP contribution in [0.2, 0.25) is 0 Å². The number of alkyl halides is 2. The number of carboxylic acids is 1. The maximum Gasteiger partial charge on any atom is 0.304 e. The van der Waals surface area contributed by atoms with Crippen molar-refractivity contribution in [3.8, 4) is 5.75 Å². The molecule has 1 N–H and O–H groups in total. The first-order valence-electron chi connectivity index (χ1n) is 5.88. The number of aliphatic carboxylic acids is 1. The second-order valence-corrected chi connectivity index (χ2v) is 5.19. The first kappa shape index (κ1) is 15.4. The summed E-state index contributed by atoms with van der Waals surface area (Å²) in [6.07, 6.45) is -2.82. The normalized spacial score (nSPS) is 11.7. The molecule has 0 saturated carbocycles. The topological polar surface area (TPSA) is 46.5 Å². The second-order valence-electron chi connectivity index (χ2n) is 5.19. The Hall–Kier alpha value is -1.65. The van der Waals surface area contributed by atoms with E-state index in [-0.39, 0.29) is 17.7 Å². The predicted molar refractivity (Wildman–Crippen MR) is 68.0 cm³/mol.